The molecule has 1 aliphatic heterocycles. The van der Waals surface area contributed by atoms with Crippen LogP contribution in [0.2, 0.25) is 0 Å². The number of allylic oxidation sites excluding steroid dienone is 2. The second-order valence-corrected chi connectivity index (χ2v) is 8.41. The summed E-state index contributed by atoms with van der Waals surface area (Å²) in [5, 5.41) is 3.18. The van der Waals surface area contributed by atoms with E-state index < -0.39 is 0 Å². The van der Waals surface area contributed by atoms with E-state index in [0.29, 0.717) is 50.5 Å². The molecule has 5 heteroatoms. The smallest absolute Gasteiger partial charge is 0.226 e. The molecule has 3 aliphatic rings. The van der Waals surface area contributed by atoms with Crippen LogP contribution in [0.15, 0.2) is 12.2 Å². The number of nitrogens with zero attached hydrogens (tertiary/aromatic N) is 1. The Kier molecular flexibility index (Phi) is 5.82. The minimum atomic E-state index is -0.227. The maximum Gasteiger partial charge on any atom is 0.226 e. The van der Waals surface area contributed by atoms with Crippen molar-refractivity contribution in [3.05, 3.63) is 12.2 Å². The molecule has 2 fully saturated rings. The van der Waals surface area contributed by atoms with Crippen LogP contribution in [0.5, 0.6) is 0 Å². The zero-order valence-corrected chi connectivity index (χ0v) is 15.6. The topological polar surface area (TPSA) is 58.6 Å². The van der Waals surface area contributed by atoms with Gasteiger partial charge in [0, 0.05) is 19.6 Å². The van der Waals surface area contributed by atoms with Gasteiger partial charge in [0.2, 0.25) is 11.8 Å². The highest BCUT2D eigenvalue weighted by molar-refractivity contribution is 5.88. The van der Waals surface area contributed by atoms with E-state index >= 15 is 0 Å². The number of carbonyl (C=O) groups excluding carboxylic acids is 2. The van der Waals surface area contributed by atoms with E-state index in [4.69, 9.17) is 4.74 Å². The first-order valence-corrected chi connectivity index (χ1v) is 9.80. The molecule has 5 nitrogen and oxygen atoms in total. The van der Waals surface area contributed by atoms with Crippen LogP contribution < -0.4 is 5.32 Å². The van der Waals surface area contributed by atoms with Crippen LogP contribution in [-0.2, 0) is 14.3 Å². The van der Waals surface area contributed by atoms with Crippen molar-refractivity contribution < 1.29 is 14.3 Å². The van der Waals surface area contributed by atoms with Gasteiger partial charge in [-0.05, 0) is 43.4 Å². The van der Waals surface area contributed by atoms with Crippen molar-refractivity contribution in [2.45, 2.75) is 46.0 Å². The predicted molar refractivity (Wildman–Crippen MR) is 96.9 cm³/mol. The number of rotatable bonds is 6. The Morgan fingerprint density at radius 3 is 2.40 bits per heavy atom. The molecular weight excluding hydrogens is 316 g/mol. The van der Waals surface area contributed by atoms with E-state index in [1.807, 2.05) is 17.1 Å². The summed E-state index contributed by atoms with van der Waals surface area (Å²) in [7, 11) is 0. The maximum absolute atomic E-state index is 12.9. The van der Waals surface area contributed by atoms with Gasteiger partial charge in [0.1, 0.15) is 0 Å². The second kappa shape index (κ2) is 7.90. The third-order valence-corrected chi connectivity index (χ3v) is 5.85. The Labute approximate surface area is 151 Å². The Morgan fingerprint density at radius 1 is 1.16 bits per heavy atom. The lowest BCUT2D eigenvalue weighted by atomic mass is 9.81. The summed E-state index contributed by atoms with van der Waals surface area (Å²) < 4.78 is 5.34. The van der Waals surface area contributed by atoms with Gasteiger partial charge in [-0.3, -0.25) is 9.59 Å². The summed E-state index contributed by atoms with van der Waals surface area (Å²) in [5.41, 5.74) is 0.318. The van der Waals surface area contributed by atoms with Crippen molar-refractivity contribution in [3.63, 3.8) is 0 Å². The number of carbonyl (C=O) groups is 2. The number of ether oxygens (including phenoxy) is 1. The van der Waals surface area contributed by atoms with Gasteiger partial charge in [-0.15, -0.1) is 0 Å². The number of morpholine rings is 1. The van der Waals surface area contributed by atoms with Gasteiger partial charge in [0.05, 0.1) is 25.0 Å². The summed E-state index contributed by atoms with van der Waals surface area (Å²) in [6, 6.07) is 0. The average Bonchev–Trinajstić information content (AvgIpc) is 3.39. The lowest BCUT2D eigenvalue weighted by Gasteiger charge is -2.34. The average molecular weight is 348 g/mol. The third kappa shape index (κ3) is 4.63. The zero-order chi connectivity index (χ0) is 17.9. The van der Waals surface area contributed by atoms with Crippen molar-refractivity contribution >= 4 is 11.8 Å². The van der Waals surface area contributed by atoms with Crippen molar-refractivity contribution in [3.8, 4) is 0 Å². The van der Waals surface area contributed by atoms with Crippen LogP contribution >= 0.6 is 0 Å². The molecule has 0 aromatic carbocycles. The number of hydrogen-bond acceptors (Lipinski definition) is 3. The quantitative estimate of drug-likeness (QED) is 0.750. The van der Waals surface area contributed by atoms with Crippen molar-refractivity contribution in [1.29, 1.82) is 0 Å². The molecule has 1 saturated heterocycles. The molecule has 0 aromatic rings. The van der Waals surface area contributed by atoms with Gasteiger partial charge in [-0.2, -0.15) is 0 Å². The SMILES string of the molecule is CC(C)CC1(CNC(=O)[C@H]2CC=CC[C@H]2C(=O)N2CCOCC2)CC1. The first-order chi connectivity index (χ1) is 12.0. The van der Waals surface area contributed by atoms with Gasteiger partial charge in [-0.25, -0.2) is 0 Å². The molecular formula is C20H32N2O3. The fraction of sp³-hybridized carbons (Fsp3) is 0.800. The Morgan fingerprint density at radius 2 is 1.80 bits per heavy atom. The molecule has 1 heterocycles. The molecule has 0 spiro atoms. The van der Waals surface area contributed by atoms with E-state index in [2.05, 4.69) is 19.2 Å². The zero-order valence-electron chi connectivity index (χ0n) is 15.6. The predicted octanol–water partition coefficient (Wildman–Crippen LogP) is 2.37. The molecule has 2 amide bonds. The summed E-state index contributed by atoms with van der Waals surface area (Å²) in [6.45, 7) is 7.74. The highest BCUT2D eigenvalue weighted by Gasteiger charge is 2.44. The van der Waals surface area contributed by atoms with E-state index in [-0.39, 0.29) is 23.7 Å². The van der Waals surface area contributed by atoms with Crippen LogP contribution in [0.1, 0.15) is 46.0 Å². The van der Waals surface area contributed by atoms with Crippen LogP contribution in [0.3, 0.4) is 0 Å². The lowest BCUT2D eigenvalue weighted by Crippen LogP contribution is -2.48. The third-order valence-electron chi connectivity index (χ3n) is 5.85. The molecule has 2 aliphatic carbocycles. The van der Waals surface area contributed by atoms with E-state index in [1.54, 1.807) is 0 Å². The molecule has 1 N–H and O–H groups in total. The Hall–Kier alpha value is -1.36. The molecule has 140 valence electrons. The monoisotopic (exact) mass is 348 g/mol. The normalized spacial score (nSPS) is 28.0. The molecule has 0 radical (unpaired) electrons. The highest BCUT2D eigenvalue weighted by atomic mass is 16.5. The molecule has 2 atom stereocenters. The first kappa shape index (κ1) is 18.4. The number of nitrogens with one attached hydrogen (secondary N) is 1. The van der Waals surface area contributed by atoms with Gasteiger partial charge >= 0.3 is 0 Å². The highest BCUT2D eigenvalue weighted by Crippen LogP contribution is 2.50. The van der Waals surface area contributed by atoms with E-state index in [1.165, 1.54) is 19.3 Å². The largest absolute Gasteiger partial charge is 0.378 e. The van der Waals surface area contributed by atoms with Crippen molar-refractivity contribution in [1.82, 2.24) is 10.2 Å². The fourth-order valence-corrected chi connectivity index (χ4v) is 4.30. The Bertz CT molecular complexity index is 519. The molecule has 0 bridgehead atoms. The molecule has 0 aromatic heterocycles. The Balaban J connectivity index is 1.57. The van der Waals surface area contributed by atoms with Crippen LogP contribution in [-0.4, -0.2) is 49.6 Å². The van der Waals surface area contributed by atoms with Gasteiger partial charge < -0.3 is 15.0 Å². The minimum absolute atomic E-state index is 0.0611. The fourth-order valence-electron chi connectivity index (χ4n) is 4.30. The first-order valence-electron chi connectivity index (χ1n) is 9.80. The molecule has 0 unspecified atom stereocenters. The summed E-state index contributed by atoms with van der Waals surface area (Å²) in [5.74, 6) is 0.397. The summed E-state index contributed by atoms with van der Waals surface area (Å²) in [6.07, 6.45) is 9.05. The van der Waals surface area contributed by atoms with E-state index in [9.17, 15) is 9.59 Å². The van der Waals surface area contributed by atoms with E-state index in [0.717, 1.165) is 6.54 Å². The van der Waals surface area contributed by atoms with Gasteiger partial charge in [0.25, 0.3) is 0 Å². The number of hydrogen-bond donors (Lipinski definition) is 1. The van der Waals surface area contributed by atoms with Crippen LogP contribution in [0.25, 0.3) is 0 Å². The van der Waals surface area contributed by atoms with Crippen LogP contribution in [0, 0.1) is 23.2 Å². The maximum atomic E-state index is 12.9. The van der Waals surface area contributed by atoms with Gasteiger partial charge in [0.15, 0.2) is 0 Å². The van der Waals surface area contributed by atoms with Crippen molar-refractivity contribution in [2.24, 2.45) is 23.2 Å². The molecule has 3 rings (SSSR count). The summed E-state index contributed by atoms with van der Waals surface area (Å²) >= 11 is 0. The van der Waals surface area contributed by atoms with Gasteiger partial charge in [-0.1, -0.05) is 26.0 Å². The summed E-state index contributed by atoms with van der Waals surface area (Å²) in [4.78, 5) is 27.6. The molecule has 25 heavy (non-hydrogen) atoms. The van der Waals surface area contributed by atoms with Crippen LogP contribution in [0.4, 0.5) is 0 Å². The minimum Gasteiger partial charge on any atom is -0.378 e. The van der Waals surface area contributed by atoms with Crippen molar-refractivity contribution in [2.75, 3.05) is 32.8 Å². The standard InChI is InChI=1S/C20H32N2O3/c1-15(2)13-20(7-8-20)14-21-18(23)16-5-3-4-6-17(16)19(24)22-9-11-25-12-10-22/h3-4,15-17H,5-14H2,1-2H3,(H,21,23)/t16-,17+/m0/s1. The second-order valence-electron chi connectivity index (χ2n) is 8.41. The lowest BCUT2D eigenvalue weighted by molar-refractivity contribution is -0.145. The molecule has 1 saturated carbocycles. The number of amides is 2.